The van der Waals surface area contributed by atoms with Crippen LogP contribution in [0.25, 0.3) is 0 Å². The highest BCUT2D eigenvalue weighted by atomic mass is 35.5. The molecule has 36 heavy (non-hydrogen) atoms. The molecule has 0 saturated heterocycles. The molecule has 1 atom stereocenters. The van der Waals surface area contributed by atoms with E-state index in [0.717, 1.165) is 17.7 Å². The van der Waals surface area contributed by atoms with Gasteiger partial charge in [-0.1, -0.05) is 48.3 Å². The van der Waals surface area contributed by atoms with Crippen molar-refractivity contribution in [3.8, 4) is 0 Å². The van der Waals surface area contributed by atoms with Gasteiger partial charge in [-0.15, -0.1) is 0 Å². The SMILES string of the molecule is CC[C@H](Nc1cc(F)c(S(=O)(=O)Nc2ccncn2)cc1Cl)c1ccccc1Cl.O=C(O)C(F)(F)F. The van der Waals surface area contributed by atoms with E-state index in [1.807, 2.05) is 25.1 Å². The van der Waals surface area contributed by atoms with Crippen molar-refractivity contribution in [1.29, 1.82) is 0 Å². The largest absolute Gasteiger partial charge is 0.490 e. The predicted molar refractivity (Wildman–Crippen MR) is 126 cm³/mol. The van der Waals surface area contributed by atoms with Crippen LogP contribution in [0, 0.1) is 5.82 Å². The molecule has 1 heterocycles. The first-order valence-corrected chi connectivity index (χ1v) is 12.1. The number of hydrogen-bond acceptors (Lipinski definition) is 6. The number of nitrogens with one attached hydrogen (secondary N) is 2. The Labute approximate surface area is 213 Å². The number of anilines is 2. The molecular formula is C21H18Cl2F4N4O4S. The number of nitrogens with zero attached hydrogens (tertiary/aromatic N) is 2. The topological polar surface area (TPSA) is 121 Å². The molecule has 8 nitrogen and oxygen atoms in total. The number of aliphatic carboxylic acids is 1. The average molecular weight is 569 g/mol. The van der Waals surface area contributed by atoms with Gasteiger partial charge in [-0.3, -0.25) is 4.72 Å². The van der Waals surface area contributed by atoms with Crippen molar-refractivity contribution in [1.82, 2.24) is 9.97 Å². The highest BCUT2D eigenvalue weighted by Crippen LogP contribution is 2.34. The molecule has 2 aromatic carbocycles. The summed E-state index contributed by atoms with van der Waals surface area (Å²) in [6, 6.07) is 10.5. The Morgan fingerprint density at radius 2 is 1.78 bits per heavy atom. The first kappa shape index (κ1) is 29.1. The van der Waals surface area contributed by atoms with Gasteiger partial charge in [0.2, 0.25) is 0 Å². The Hall–Kier alpha value is -3.16. The minimum atomic E-state index is -5.08. The maximum absolute atomic E-state index is 14.7. The van der Waals surface area contributed by atoms with Crippen LogP contribution in [-0.4, -0.2) is 35.6 Å². The number of hydrogen-bond donors (Lipinski definition) is 3. The van der Waals surface area contributed by atoms with Crippen molar-refractivity contribution in [3.63, 3.8) is 0 Å². The summed E-state index contributed by atoms with van der Waals surface area (Å²) < 4.78 is 73.7. The Balaban J connectivity index is 0.000000572. The Morgan fingerprint density at radius 3 is 2.31 bits per heavy atom. The molecule has 194 valence electrons. The molecule has 0 amide bonds. The molecule has 0 saturated carbocycles. The fraction of sp³-hybridized carbons (Fsp3) is 0.190. The number of rotatable bonds is 7. The lowest BCUT2D eigenvalue weighted by Crippen LogP contribution is -2.21. The van der Waals surface area contributed by atoms with Crippen molar-refractivity contribution in [2.45, 2.75) is 30.5 Å². The molecule has 15 heteroatoms. The van der Waals surface area contributed by atoms with Crippen LogP contribution in [0.4, 0.5) is 29.1 Å². The number of sulfonamides is 1. The Bertz CT molecular complexity index is 1310. The maximum Gasteiger partial charge on any atom is 0.490 e. The lowest BCUT2D eigenvalue weighted by atomic mass is 10.0. The Morgan fingerprint density at radius 1 is 1.14 bits per heavy atom. The molecule has 0 bridgehead atoms. The van der Waals surface area contributed by atoms with Crippen LogP contribution in [0.5, 0.6) is 0 Å². The van der Waals surface area contributed by atoms with E-state index in [2.05, 4.69) is 20.0 Å². The number of halogens is 6. The number of alkyl halides is 3. The summed E-state index contributed by atoms with van der Waals surface area (Å²) >= 11 is 12.5. The van der Waals surface area contributed by atoms with Crippen LogP contribution >= 0.6 is 23.2 Å². The normalized spacial score (nSPS) is 12.2. The summed E-state index contributed by atoms with van der Waals surface area (Å²) in [7, 11) is -4.22. The van der Waals surface area contributed by atoms with Crippen LogP contribution in [0.3, 0.4) is 0 Å². The first-order valence-electron chi connectivity index (χ1n) is 9.85. The molecule has 3 N–H and O–H groups in total. The summed E-state index contributed by atoms with van der Waals surface area (Å²) in [4.78, 5) is 15.8. The zero-order valence-corrected chi connectivity index (χ0v) is 20.6. The molecule has 3 aromatic rings. The highest BCUT2D eigenvalue weighted by Gasteiger charge is 2.38. The monoisotopic (exact) mass is 568 g/mol. The van der Waals surface area contributed by atoms with E-state index in [-0.39, 0.29) is 22.6 Å². The second-order valence-electron chi connectivity index (χ2n) is 6.89. The van der Waals surface area contributed by atoms with Gasteiger partial charge in [0, 0.05) is 11.2 Å². The van der Waals surface area contributed by atoms with Gasteiger partial charge >= 0.3 is 12.1 Å². The molecule has 0 radical (unpaired) electrons. The summed E-state index contributed by atoms with van der Waals surface area (Å²) in [6.45, 7) is 1.94. The van der Waals surface area contributed by atoms with Crippen molar-refractivity contribution in [2.24, 2.45) is 0 Å². The van der Waals surface area contributed by atoms with E-state index in [9.17, 15) is 26.0 Å². The van der Waals surface area contributed by atoms with Gasteiger partial charge in [0.1, 0.15) is 22.9 Å². The predicted octanol–water partition coefficient (Wildman–Crippen LogP) is 5.92. The van der Waals surface area contributed by atoms with Gasteiger partial charge in [-0.2, -0.15) is 13.2 Å². The summed E-state index contributed by atoms with van der Waals surface area (Å²) in [5.41, 5.74) is 1.09. The first-order chi connectivity index (χ1) is 16.8. The average Bonchev–Trinajstić information content (AvgIpc) is 2.80. The molecule has 0 aliphatic heterocycles. The zero-order chi connectivity index (χ0) is 27.1. The molecule has 0 spiro atoms. The number of carbonyl (C=O) groups is 1. The molecule has 0 aliphatic rings. The van der Waals surface area contributed by atoms with E-state index in [4.69, 9.17) is 33.1 Å². The minimum Gasteiger partial charge on any atom is -0.475 e. The molecule has 0 aliphatic carbocycles. The zero-order valence-electron chi connectivity index (χ0n) is 18.2. The molecular weight excluding hydrogens is 551 g/mol. The van der Waals surface area contributed by atoms with Crippen molar-refractivity contribution in [2.75, 3.05) is 10.0 Å². The fourth-order valence-corrected chi connectivity index (χ4v) is 4.38. The lowest BCUT2D eigenvalue weighted by Gasteiger charge is -2.21. The van der Waals surface area contributed by atoms with E-state index in [0.29, 0.717) is 11.4 Å². The van der Waals surface area contributed by atoms with Gasteiger partial charge in [-0.25, -0.2) is 27.6 Å². The summed E-state index contributed by atoms with van der Waals surface area (Å²) in [5.74, 6) is -3.69. The van der Waals surface area contributed by atoms with Crippen LogP contribution in [0.1, 0.15) is 24.9 Å². The third-order valence-electron chi connectivity index (χ3n) is 4.39. The van der Waals surface area contributed by atoms with E-state index >= 15 is 0 Å². The van der Waals surface area contributed by atoms with Crippen molar-refractivity contribution >= 4 is 50.7 Å². The maximum atomic E-state index is 14.7. The standard InChI is InChI=1S/C19H17Cl2FN4O2S.C2HF3O2/c1-2-16(12-5-3-4-6-13(12)20)25-17-10-15(22)18(9-14(17)21)29(27,28)26-19-7-8-23-11-24-19;3-2(4,5)1(6)7/h3-11,16,25H,2H2,1H3,(H,23,24,26);(H,6,7)/t16-;/m0./s1. The summed E-state index contributed by atoms with van der Waals surface area (Å²) in [5, 5.41) is 10.9. The van der Waals surface area contributed by atoms with E-state index in [1.165, 1.54) is 18.6 Å². The highest BCUT2D eigenvalue weighted by molar-refractivity contribution is 7.92. The number of carboxylic acid groups (broad SMARTS) is 1. The fourth-order valence-electron chi connectivity index (χ4n) is 2.73. The van der Waals surface area contributed by atoms with Gasteiger partial charge in [0.25, 0.3) is 10.0 Å². The minimum absolute atomic E-state index is 0.0162. The van der Waals surface area contributed by atoms with E-state index in [1.54, 1.807) is 6.07 Å². The number of carboxylic acids is 1. The van der Waals surface area contributed by atoms with Gasteiger partial charge in [0.15, 0.2) is 0 Å². The van der Waals surface area contributed by atoms with Crippen molar-refractivity contribution < 1.29 is 35.9 Å². The number of benzene rings is 2. The smallest absolute Gasteiger partial charge is 0.475 e. The van der Waals surface area contributed by atoms with Crippen LogP contribution < -0.4 is 10.0 Å². The quantitative estimate of drug-likeness (QED) is 0.302. The third kappa shape index (κ3) is 7.93. The lowest BCUT2D eigenvalue weighted by molar-refractivity contribution is -0.192. The van der Waals surface area contributed by atoms with Crippen LogP contribution in [0.15, 0.2) is 59.9 Å². The molecule has 1 aromatic heterocycles. The van der Waals surface area contributed by atoms with Gasteiger partial charge < -0.3 is 10.4 Å². The molecule has 3 rings (SSSR count). The van der Waals surface area contributed by atoms with Gasteiger partial charge in [0.05, 0.1) is 16.8 Å². The molecule has 0 unspecified atom stereocenters. The van der Waals surface area contributed by atoms with E-state index < -0.39 is 32.9 Å². The second kappa shape index (κ2) is 12.2. The second-order valence-corrected chi connectivity index (χ2v) is 9.36. The Kier molecular flexibility index (Phi) is 9.85. The van der Waals surface area contributed by atoms with Crippen LogP contribution in [0.2, 0.25) is 10.0 Å². The van der Waals surface area contributed by atoms with Crippen LogP contribution in [-0.2, 0) is 14.8 Å². The third-order valence-corrected chi connectivity index (χ3v) is 6.42. The molecule has 0 fully saturated rings. The summed E-state index contributed by atoms with van der Waals surface area (Å²) in [6.07, 6.45) is -1.90. The number of aromatic nitrogens is 2. The van der Waals surface area contributed by atoms with Gasteiger partial charge in [-0.05, 0) is 36.2 Å². The van der Waals surface area contributed by atoms with Crippen molar-refractivity contribution in [3.05, 3.63) is 76.4 Å².